The zero-order valence-electron chi connectivity index (χ0n) is 17.8. The maximum absolute atomic E-state index is 13.1. The third kappa shape index (κ3) is 4.24. The van der Waals surface area contributed by atoms with Crippen LogP contribution in [0.2, 0.25) is 0 Å². The molecule has 1 aromatic heterocycles. The first-order valence-corrected chi connectivity index (χ1v) is 11.2. The summed E-state index contributed by atoms with van der Waals surface area (Å²) in [5.41, 5.74) is 3.42. The number of rotatable bonds is 5. The van der Waals surface area contributed by atoms with Gasteiger partial charge in [-0.15, -0.1) is 0 Å². The Labute approximate surface area is 186 Å². The first kappa shape index (κ1) is 21.2. The molecule has 1 aromatic carbocycles. The molecule has 2 heterocycles. The van der Waals surface area contributed by atoms with E-state index in [1.165, 1.54) is 11.8 Å². The molecule has 31 heavy (non-hydrogen) atoms. The molecule has 0 fully saturated rings. The highest BCUT2D eigenvalue weighted by atomic mass is 32.2. The molecule has 6 heteroatoms. The van der Waals surface area contributed by atoms with Gasteiger partial charge in [-0.25, -0.2) is 0 Å². The highest BCUT2D eigenvalue weighted by Gasteiger charge is 2.42. The van der Waals surface area contributed by atoms with Crippen LogP contribution in [0.1, 0.15) is 54.3 Å². The standard InChI is InChI=1S/C25H24N2O3S/c1-15-6-8-16(9-7-15)20(29)14-31-24-17(13-26)22(21-5-4-10-30-21)23-18(27-24)11-25(2,3)12-19(23)28/h4-10,22,27H,11-12,14H2,1-3H3/t22-/m0/s1. The molecule has 1 atom stereocenters. The number of nitriles is 1. The number of furan rings is 1. The highest BCUT2D eigenvalue weighted by molar-refractivity contribution is 8.03. The quantitative estimate of drug-likeness (QED) is 0.648. The number of nitrogens with one attached hydrogen (secondary N) is 1. The number of Topliss-reactive ketones (excluding diaryl/α,β-unsaturated/α-hetero) is 2. The van der Waals surface area contributed by atoms with Gasteiger partial charge in [-0.2, -0.15) is 5.26 Å². The molecule has 0 radical (unpaired) electrons. The van der Waals surface area contributed by atoms with Gasteiger partial charge in [0.05, 0.1) is 34.6 Å². The van der Waals surface area contributed by atoms with Crippen LogP contribution in [0.15, 0.2) is 69.0 Å². The molecule has 0 bridgehead atoms. The highest BCUT2D eigenvalue weighted by Crippen LogP contribution is 2.47. The number of benzene rings is 1. The number of nitrogens with zero attached hydrogens (tertiary/aromatic N) is 1. The number of hydrogen-bond acceptors (Lipinski definition) is 6. The molecule has 0 spiro atoms. The molecule has 1 N–H and O–H groups in total. The van der Waals surface area contributed by atoms with E-state index < -0.39 is 5.92 Å². The summed E-state index contributed by atoms with van der Waals surface area (Å²) in [5.74, 6) is 0.249. The second-order valence-corrected chi connectivity index (χ2v) is 9.82. The second-order valence-electron chi connectivity index (χ2n) is 8.84. The van der Waals surface area contributed by atoms with E-state index in [0.29, 0.717) is 40.3 Å². The third-order valence-electron chi connectivity index (χ3n) is 5.68. The van der Waals surface area contributed by atoms with Crippen molar-refractivity contribution < 1.29 is 14.0 Å². The zero-order valence-corrected chi connectivity index (χ0v) is 18.6. The molecule has 0 amide bonds. The van der Waals surface area contributed by atoms with Crippen molar-refractivity contribution >= 4 is 23.3 Å². The Hall–Kier alpha value is -3.04. The van der Waals surface area contributed by atoms with Gasteiger partial charge in [-0.3, -0.25) is 9.59 Å². The molecule has 158 valence electrons. The van der Waals surface area contributed by atoms with E-state index in [0.717, 1.165) is 11.3 Å². The number of allylic oxidation sites excluding steroid dienone is 3. The molecule has 0 saturated carbocycles. The van der Waals surface area contributed by atoms with Crippen LogP contribution in [-0.4, -0.2) is 17.3 Å². The lowest BCUT2D eigenvalue weighted by molar-refractivity contribution is -0.118. The fourth-order valence-electron chi connectivity index (χ4n) is 4.19. The molecule has 0 unspecified atom stereocenters. The fourth-order valence-corrected chi connectivity index (χ4v) is 5.15. The Morgan fingerprint density at radius 3 is 2.65 bits per heavy atom. The van der Waals surface area contributed by atoms with Gasteiger partial charge in [0.15, 0.2) is 11.6 Å². The van der Waals surface area contributed by atoms with Crippen LogP contribution in [0.3, 0.4) is 0 Å². The number of hydrogen-bond donors (Lipinski definition) is 1. The fraction of sp³-hybridized carbons (Fsp3) is 0.320. The zero-order chi connectivity index (χ0) is 22.2. The van der Waals surface area contributed by atoms with Gasteiger partial charge in [-0.05, 0) is 30.9 Å². The van der Waals surface area contributed by atoms with Crippen molar-refractivity contribution in [2.75, 3.05) is 5.75 Å². The summed E-state index contributed by atoms with van der Waals surface area (Å²) in [7, 11) is 0. The molecule has 5 nitrogen and oxygen atoms in total. The van der Waals surface area contributed by atoms with Crippen molar-refractivity contribution in [3.05, 3.63) is 81.4 Å². The van der Waals surface area contributed by atoms with Crippen molar-refractivity contribution in [1.29, 1.82) is 5.26 Å². The van der Waals surface area contributed by atoms with E-state index in [1.54, 1.807) is 18.4 Å². The smallest absolute Gasteiger partial charge is 0.173 e. The lowest BCUT2D eigenvalue weighted by Gasteiger charge is -2.38. The molecule has 1 aliphatic carbocycles. The van der Waals surface area contributed by atoms with E-state index in [2.05, 4.69) is 25.2 Å². The minimum Gasteiger partial charge on any atom is -0.468 e. The van der Waals surface area contributed by atoms with Gasteiger partial charge in [0, 0.05) is 23.3 Å². The van der Waals surface area contributed by atoms with Crippen LogP contribution in [0.25, 0.3) is 0 Å². The maximum Gasteiger partial charge on any atom is 0.173 e. The number of carbonyl (C=O) groups is 2. The first-order chi connectivity index (χ1) is 14.8. The summed E-state index contributed by atoms with van der Waals surface area (Å²) in [6, 6.07) is 13.3. The van der Waals surface area contributed by atoms with Crippen molar-refractivity contribution in [2.45, 2.75) is 39.5 Å². The molecule has 1 aliphatic heterocycles. The number of dihydropyridines is 1. The van der Waals surface area contributed by atoms with Crippen LogP contribution in [-0.2, 0) is 4.79 Å². The van der Waals surface area contributed by atoms with E-state index in [-0.39, 0.29) is 22.7 Å². The summed E-state index contributed by atoms with van der Waals surface area (Å²) in [6.45, 7) is 6.11. The average Bonchev–Trinajstić information content (AvgIpc) is 3.25. The summed E-state index contributed by atoms with van der Waals surface area (Å²) in [6.07, 6.45) is 2.68. The third-order valence-corrected chi connectivity index (χ3v) is 6.69. The Kier molecular flexibility index (Phi) is 5.63. The molecular weight excluding hydrogens is 408 g/mol. The van der Waals surface area contributed by atoms with Crippen LogP contribution in [0.4, 0.5) is 0 Å². The van der Waals surface area contributed by atoms with E-state index >= 15 is 0 Å². The van der Waals surface area contributed by atoms with E-state index in [1.807, 2.05) is 31.2 Å². The Morgan fingerprint density at radius 2 is 2.00 bits per heavy atom. The van der Waals surface area contributed by atoms with Crippen LogP contribution in [0.5, 0.6) is 0 Å². The SMILES string of the molecule is Cc1ccc(C(=O)CSC2=C(C#N)[C@@H](c3ccco3)C3=C(CC(C)(C)CC3=O)N2)cc1. The van der Waals surface area contributed by atoms with Gasteiger partial charge in [0.2, 0.25) is 0 Å². The Bertz CT molecular complexity index is 1130. The van der Waals surface area contributed by atoms with Gasteiger partial charge in [0.1, 0.15) is 5.76 Å². The van der Waals surface area contributed by atoms with E-state index in [9.17, 15) is 14.9 Å². The lowest BCUT2D eigenvalue weighted by atomic mass is 9.70. The number of aryl methyl sites for hydroxylation is 1. The van der Waals surface area contributed by atoms with Crippen LogP contribution >= 0.6 is 11.8 Å². The average molecular weight is 433 g/mol. The number of carbonyl (C=O) groups excluding carboxylic acids is 2. The van der Waals surface area contributed by atoms with Gasteiger partial charge >= 0.3 is 0 Å². The molecule has 0 saturated heterocycles. The minimum atomic E-state index is -0.545. The van der Waals surface area contributed by atoms with Crippen molar-refractivity contribution in [2.24, 2.45) is 5.41 Å². The van der Waals surface area contributed by atoms with Gasteiger partial charge in [-0.1, -0.05) is 55.4 Å². The molecule has 2 aliphatic rings. The molecule has 4 rings (SSSR count). The maximum atomic E-state index is 13.1. The first-order valence-electron chi connectivity index (χ1n) is 10.2. The van der Waals surface area contributed by atoms with Crippen molar-refractivity contribution in [3.8, 4) is 6.07 Å². The lowest BCUT2D eigenvalue weighted by Crippen LogP contribution is -2.37. The largest absolute Gasteiger partial charge is 0.468 e. The monoisotopic (exact) mass is 432 g/mol. The van der Waals surface area contributed by atoms with Crippen LogP contribution < -0.4 is 5.32 Å². The second kappa shape index (κ2) is 8.24. The molecular formula is C25H24N2O3S. The molecule has 2 aromatic rings. The number of thioether (sulfide) groups is 1. The summed E-state index contributed by atoms with van der Waals surface area (Å²) >= 11 is 1.30. The normalized spacial score (nSPS) is 20.2. The summed E-state index contributed by atoms with van der Waals surface area (Å²) in [4.78, 5) is 25.8. The van der Waals surface area contributed by atoms with Crippen molar-refractivity contribution in [3.63, 3.8) is 0 Å². The van der Waals surface area contributed by atoms with E-state index in [4.69, 9.17) is 4.42 Å². The topological polar surface area (TPSA) is 83.1 Å². The van der Waals surface area contributed by atoms with Gasteiger partial charge in [0.25, 0.3) is 0 Å². The Morgan fingerprint density at radius 1 is 1.26 bits per heavy atom. The summed E-state index contributed by atoms with van der Waals surface area (Å²) < 4.78 is 5.63. The Balaban J connectivity index is 1.67. The summed E-state index contributed by atoms with van der Waals surface area (Å²) in [5, 5.41) is 14.0. The minimum absolute atomic E-state index is 0.00837. The predicted octanol–water partition coefficient (Wildman–Crippen LogP) is 5.27. The van der Waals surface area contributed by atoms with Gasteiger partial charge < -0.3 is 9.73 Å². The predicted molar refractivity (Wildman–Crippen MR) is 120 cm³/mol. The van der Waals surface area contributed by atoms with Crippen LogP contribution in [0, 0.1) is 23.7 Å². The van der Waals surface area contributed by atoms with Crippen molar-refractivity contribution in [1.82, 2.24) is 5.32 Å². The number of ketones is 2.